The summed E-state index contributed by atoms with van der Waals surface area (Å²) in [5.41, 5.74) is 9.91. The van der Waals surface area contributed by atoms with Crippen molar-refractivity contribution in [3.63, 3.8) is 0 Å². The van der Waals surface area contributed by atoms with Crippen molar-refractivity contribution in [3.8, 4) is 33.5 Å². The van der Waals surface area contributed by atoms with Crippen LogP contribution in [0.3, 0.4) is 0 Å². The first-order valence-corrected chi connectivity index (χ1v) is 9.97. The maximum atomic E-state index is 4.62. The first kappa shape index (κ1) is 16.3. The lowest BCUT2D eigenvalue weighted by atomic mass is 9.93. The first-order chi connectivity index (χ1) is 13.2. The molecule has 1 aliphatic heterocycles. The maximum Gasteiger partial charge on any atom is 0.0702 e. The lowest BCUT2D eigenvalue weighted by Crippen LogP contribution is -1.87. The van der Waals surface area contributed by atoms with E-state index in [0.29, 0.717) is 0 Å². The average Bonchev–Trinajstić information content (AvgIpc) is 2.84. The molecule has 0 saturated carbocycles. The molecule has 0 saturated heterocycles. The van der Waals surface area contributed by atoms with Crippen molar-refractivity contribution in [2.75, 3.05) is 0 Å². The molecule has 0 N–H and O–H groups in total. The van der Waals surface area contributed by atoms with Crippen LogP contribution in [0, 0.1) is 13.8 Å². The van der Waals surface area contributed by atoms with Crippen LogP contribution < -0.4 is 0 Å². The van der Waals surface area contributed by atoms with Gasteiger partial charge >= 0.3 is 0 Å². The Morgan fingerprint density at radius 1 is 0.704 bits per heavy atom. The molecular weight excluding hydrogens is 346 g/mol. The fourth-order valence-corrected chi connectivity index (χ4v) is 4.90. The Hall–Kier alpha value is -2.84. The lowest BCUT2D eigenvalue weighted by molar-refractivity contribution is 1.26. The van der Waals surface area contributed by atoms with E-state index in [0.717, 1.165) is 11.3 Å². The summed E-state index contributed by atoms with van der Waals surface area (Å²) < 4.78 is 0. The van der Waals surface area contributed by atoms with E-state index < -0.39 is 0 Å². The van der Waals surface area contributed by atoms with Crippen LogP contribution in [0.25, 0.3) is 33.5 Å². The van der Waals surface area contributed by atoms with Gasteiger partial charge in [-0.15, -0.1) is 0 Å². The largest absolute Gasteiger partial charge is 0.256 e. The molecular formula is C25H19NS. The van der Waals surface area contributed by atoms with Gasteiger partial charge in [0.15, 0.2) is 0 Å². The van der Waals surface area contributed by atoms with E-state index in [1.165, 1.54) is 43.2 Å². The Kier molecular flexibility index (Phi) is 3.87. The zero-order valence-corrected chi connectivity index (χ0v) is 16.2. The van der Waals surface area contributed by atoms with Crippen LogP contribution in [-0.4, -0.2) is 4.98 Å². The van der Waals surface area contributed by atoms with Gasteiger partial charge in [-0.3, -0.25) is 4.98 Å². The van der Waals surface area contributed by atoms with Crippen LogP contribution in [0.15, 0.2) is 88.8 Å². The average molecular weight is 366 g/mol. The molecule has 1 aliphatic rings. The molecule has 0 atom stereocenters. The zero-order chi connectivity index (χ0) is 18.4. The predicted octanol–water partition coefficient (Wildman–Crippen LogP) is 7.16. The molecule has 2 heteroatoms. The molecule has 0 aliphatic carbocycles. The number of fused-ring (bicyclic) bond motifs is 5. The molecule has 3 aromatic carbocycles. The minimum Gasteiger partial charge on any atom is -0.256 e. The molecule has 4 aromatic rings. The summed E-state index contributed by atoms with van der Waals surface area (Å²) in [5, 5.41) is 0. The van der Waals surface area contributed by atoms with Crippen LogP contribution in [0.5, 0.6) is 0 Å². The number of nitrogens with zero attached hydrogens (tertiary/aromatic N) is 1. The second-order valence-electron chi connectivity index (χ2n) is 7.03. The lowest BCUT2D eigenvalue weighted by Gasteiger charge is -2.11. The number of pyridine rings is 1. The molecule has 2 heterocycles. The van der Waals surface area contributed by atoms with E-state index >= 15 is 0 Å². The Morgan fingerprint density at radius 3 is 2.26 bits per heavy atom. The van der Waals surface area contributed by atoms with E-state index in [2.05, 4.69) is 91.6 Å². The third kappa shape index (κ3) is 2.77. The molecule has 1 aromatic heterocycles. The van der Waals surface area contributed by atoms with Gasteiger partial charge < -0.3 is 0 Å². The number of benzene rings is 3. The Balaban J connectivity index is 1.75. The van der Waals surface area contributed by atoms with E-state index in [4.69, 9.17) is 0 Å². The van der Waals surface area contributed by atoms with Crippen molar-refractivity contribution in [1.82, 2.24) is 4.98 Å². The van der Waals surface area contributed by atoms with Gasteiger partial charge in [0, 0.05) is 21.6 Å². The van der Waals surface area contributed by atoms with Crippen LogP contribution in [0.4, 0.5) is 0 Å². The Bertz CT molecular complexity index is 1160. The maximum absolute atomic E-state index is 4.62. The van der Waals surface area contributed by atoms with Crippen molar-refractivity contribution in [2.45, 2.75) is 23.6 Å². The molecule has 0 spiro atoms. The highest BCUT2D eigenvalue weighted by molar-refractivity contribution is 7.99. The Labute approximate surface area is 164 Å². The Morgan fingerprint density at radius 2 is 1.48 bits per heavy atom. The smallest absolute Gasteiger partial charge is 0.0702 e. The number of hydrogen-bond acceptors (Lipinski definition) is 2. The standard InChI is InChI=1S/C25H19NS/c1-16-10-13-23(26-15-16)18-11-12-21-19-7-3-4-8-20(19)22-9-5-6-17(2)25(22)27-24(21)14-18/h3-15H,1-2H3. The molecule has 0 bridgehead atoms. The monoisotopic (exact) mass is 365 g/mol. The van der Waals surface area contributed by atoms with Gasteiger partial charge in [-0.1, -0.05) is 72.4 Å². The van der Waals surface area contributed by atoms with E-state index in [1.807, 2.05) is 18.0 Å². The van der Waals surface area contributed by atoms with Crippen molar-refractivity contribution in [3.05, 3.63) is 90.1 Å². The van der Waals surface area contributed by atoms with Crippen molar-refractivity contribution in [1.29, 1.82) is 0 Å². The summed E-state index contributed by atoms with van der Waals surface area (Å²) in [5.74, 6) is 0. The number of rotatable bonds is 1. The fourth-order valence-electron chi connectivity index (χ4n) is 3.69. The third-order valence-corrected chi connectivity index (χ3v) is 6.42. The molecule has 130 valence electrons. The zero-order valence-electron chi connectivity index (χ0n) is 15.4. The van der Waals surface area contributed by atoms with Crippen molar-refractivity contribution < 1.29 is 0 Å². The highest BCUT2D eigenvalue weighted by atomic mass is 32.2. The van der Waals surface area contributed by atoms with Crippen LogP contribution in [-0.2, 0) is 0 Å². The normalized spacial score (nSPS) is 11.9. The summed E-state index contributed by atoms with van der Waals surface area (Å²) in [4.78, 5) is 7.25. The van der Waals surface area contributed by atoms with Gasteiger partial charge in [0.05, 0.1) is 5.69 Å². The molecule has 0 amide bonds. The molecule has 0 radical (unpaired) electrons. The molecule has 0 unspecified atom stereocenters. The van der Waals surface area contributed by atoms with Gasteiger partial charge in [-0.25, -0.2) is 0 Å². The number of aryl methyl sites for hydroxylation is 2. The van der Waals surface area contributed by atoms with Gasteiger partial charge in [-0.05, 0) is 59.4 Å². The SMILES string of the molecule is Cc1ccc(-c2ccc3c(c2)Sc2c(C)cccc2-c2ccccc2-3)nc1. The number of hydrogen-bond donors (Lipinski definition) is 0. The first-order valence-electron chi connectivity index (χ1n) is 9.15. The van der Waals surface area contributed by atoms with Crippen molar-refractivity contribution >= 4 is 11.8 Å². The summed E-state index contributed by atoms with van der Waals surface area (Å²) >= 11 is 1.87. The summed E-state index contributed by atoms with van der Waals surface area (Å²) in [7, 11) is 0. The van der Waals surface area contributed by atoms with Crippen LogP contribution >= 0.6 is 11.8 Å². The highest BCUT2D eigenvalue weighted by Crippen LogP contribution is 2.49. The third-order valence-electron chi connectivity index (χ3n) is 5.12. The van der Waals surface area contributed by atoms with E-state index in [1.54, 1.807) is 0 Å². The molecule has 1 nitrogen and oxygen atoms in total. The minimum absolute atomic E-state index is 1.02. The summed E-state index contributed by atoms with van der Waals surface area (Å²) in [6.45, 7) is 4.27. The summed E-state index contributed by atoms with van der Waals surface area (Å²) in [6, 6.07) is 26.3. The fraction of sp³-hybridized carbons (Fsp3) is 0.0800. The summed E-state index contributed by atoms with van der Waals surface area (Å²) in [6.07, 6.45) is 1.93. The van der Waals surface area contributed by atoms with E-state index in [-0.39, 0.29) is 0 Å². The predicted molar refractivity (Wildman–Crippen MR) is 114 cm³/mol. The minimum atomic E-state index is 1.02. The van der Waals surface area contributed by atoms with Gasteiger partial charge in [0.1, 0.15) is 0 Å². The van der Waals surface area contributed by atoms with Gasteiger partial charge in [-0.2, -0.15) is 0 Å². The molecule has 5 rings (SSSR count). The van der Waals surface area contributed by atoms with Crippen LogP contribution in [0.1, 0.15) is 11.1 Å². The van der Waals surface area contributed by atoms with E-state index in [9.17, 15) is 0 Å². The quantitative estimate of drug-likeness (QED) is 0.312. The van der Waals surface area contributed by atoms with Crippen LogP contribution in [0.2, 0.25) is 0 Å². The highest BCUT2D eigenvalue weighted by Gasteiger charge is 2.21. The second kappa shape index (κ2) is 6.40. The van der Waals surface area contributed by atoms with Gasteiger partial charge in [0.2, 0.25) is 0 Å². The molecule has 0 fully saturated rings. The second-order valence-corrected chi connectivity index (χ2v) is 8.08. The van der Waals surface area contributed by atoms with Gasteiger partial charge in [0.25, 0.3) is 0 Å². The van der Waals surface area contributed by atoms with Crippen molar-refractivity contribution in [2.24, 2.45) is 0 Å². The molecule has 27 heavy (non-hydrogen) atoms. The number of aromatic nitrogens is 1. The topological polar surface area (TPSA) is 12.9 Å².